The summed E-state index contributed by atoms with van der Waals surface area (Å²) >= 11 is 0. The van der Waals surface area contributed by atoms with Gasteiger partial charge in [0, 0.05) is 44.3 Å². The Morgan fingerprint density at radius 1 is 0.952 bits per heavy atom. The third-order valence-corrected chi connectivity index (χ3v) is 6.14. The summed E-state index contributed by atoms with van der Waals surface area (Å²) in [7, 11) is 0. The van der Waals surface area contributed by atoms with Gasteiger partial charge in [-0.2, -0.15) is 0 Å². The summed E-state index contributed by atoms with van der Waals surface area (Å²) in [5, 5.41) is 0. The largest absolute Gasteiger partial charge is 0.301 e. The maximum absolute atomic E-state index is 2.87. The van der Waals surface area contributed by atoms with Crippen LogP contribution in [0, 0.1) is 11.8 Å². The van der Waals surface area contributed by atoms with E-state index in [1.165, 1.54) is 58.5 Å². The van der Waals surface area contributed by atoms with Crippen LogP contribution < -0.4 is 0 Å². The van der Waals surface area contributed by atoms with Gasteiger partial charge in [0.1, 0.15) is 0 Å². The van der Waals surface area contributed by atoms with Gasteiger partial charge in [-0.15, -0.1) is 0 Å². The summed E-state index contributed by atoms with van der Waals surface area (Å²) in [6.07, 6.45) is 4.27. The van der Waals surface area contributed by atoms with E-state index >= 15 is 0 Å². The van der Waals surface area contributed by atoms with E-state index in [4.69, 9.17) is 0 Å². The lowest BCUT2D eigenvalue weighted by Crippen LogP contribution is -2.58. The third kappa shape index (κ3) is 3.46. The molecule has 0 spiro atoms. The topological polar surface area (TPSA) is 9.72 Å². The molecule has 3 rings (SSSR count). The number of likely N-dealkylation sites (tertiary alicyclic amines) is 1. The Kier molecular flexibility index (Phi) is 4.92. The Morgan fingerprint density at radius 3 is 2.43 bits per heavy atom. The van der Waals surface area contributed by atoms with Gasteiger partial charge in [-0.05, 0) is 58.0 Å². The molecule has 0 N–H and O–H groups in total. The lowest BCUT2D eigenvalue weighted by molar-refractivity contribution is 0.0197. The first-order valence-corrected chi connectivity index (χ1v) is 9.26. The molecule has 3 unspecified atom stereocenters. The molecule has 21 heavy (non-hydrogen) atoms. The van der Waals surface area contributed by atoms with E-state index in [0.29, 0.717) is 0 Å². The lowest BCUT2D eigenvalue weighted by Gasteiger charge is -2.46. The van der Waals surface area contributed by atoms with Crippen LogP contribution >= 0.6 is 0 Å². The standard InChI is InChI=1S/C18H35N3/c1-14(2)18-13-20-8-5-6-17(20)12-21(18)11-16-7-9-19(10-16)15(3)4/h14-18H,5-13H2,1-4H3. The second kappa shape index (κ2) is 6.55. The van der Waals surface area contributed by atoms with Crippen LogP contribution in [0.15, 0.2) is 0 Å². The molecule has 3 aliphatic heterocycles. The Hall–Kier alpha value is -0.120. The van der Waals surface area contributed by atoms with Crippen LogP contribution in [0.3, 0.4) is 0 Å². The van der Waals surface area contributed by atoms with Crippen LogP contribution in [0.1, 0.15) is 47.0 Å². The van der Waals surface area contributed by atoms with Gasteiger partial charge in [-0.1, -0.05) is 13.8 Å². The van der Waals surface area contributed by atoms with Gasteiger partial charge in [0.15, 0.2) is 0 Å². The maximum Gasteiger partial charge on any atom is 0.0247 e. The number of nitrogens with zero attached hydrogens (tertiary/aromatic N) is 3. The highest BCUT2D eigenvalue weighted by Gasteiger charge is 2.38. The summed E-state index contributed by atoms with van der Waals surface area (Å²) in [6, 6.07) is 2.37. The molecule has 3 aliphatic rings. The minimum Gasteiger partial charge on any atom is -0.301 e. The molecule has 0 radical (unpaired) electrons. The Bertz CT molecular complexity index is 341. The number of hydrogen-bond donors (Lipinski definition) is 0. The first-order valence-electron chi connectivity index (χ1n) is 9.26. The maximum atomic E-state index is 2.87. The van der Waals surface area contributed by atoms with Gasteiger partial charge in [0.2, 0.25) is 0 Å². The van der Waals surface area contributed by atoms with E-state index in [0.717, 1.165) is 30.0 Å². The molecule has 3 nitrogen and oxygen atoms in total. The average molecular weight is 293 g/mol. The summed E-state index contributed by atoms with van der Waals surface area (Å²) in [4.78, 5) is 8.31. The molecular weight excluding hydrogens is 258 g/mol. The molecule has 3 heterocycles. The number of rotatable bonds is 4. The van der Waals surface area contributed by atoms with Gasteiger partial charge < -0.3 is 4.90 Å². The van der Waals surface area contributed by atoms with Crippen molar-refractivity contribution in [3.8, 4) is 0 Å². The first kappa shape index (κ1) is 15.8. The minimum atomic E-state index is 0.725. The number of fused-ring (bicyclic) bond motifs is 1. The molecule has 0 aliphatic carbocycles. The van der Waals surface area contributed by atoms with Crippen molar-refractivity contribution in [3.05, 3.63) is 0 Å². The smallest absolute Gasteiger partial charge is 0.0247 e. The fourth-order valence-electron chi connectivity index (χ4n) is 4.76. The van der Waals surface area contributed by atoms with Crippen molar-refractivity contribution in [2.45, 2.75) is 65.1 Å². The predicted molar refractivity (Wildman–Crippen MR) is 89.6 cm³/mol. The van der Waals surface area contributed by atoms with Crippen molar-refractivity contribution in [1.29, 1.82) is 0 Å². The van der Waals surface area contributed by atoms with Crippen LogP contribution in [-0.4, -0.2) is 72.1 Å². The molecule has 122 valence electrons. The molecule has 0 aromatic rings. The van der Waals surface area contributed by atoms with E-state index in [2.05, 4.69) is 42.4 Å². The van der Waals surface area contributed by atoms with Crippen LogP contribution in [0.2, 0.25) is 0 Å². The molecule has 0 aromatic carbocycles. The summed E-state index contributed by atoms with van der Waals surface area (Å²) in [5.74, 6) is 1.69. The number of piperazine rings is 1. The molecule has 3 saturated heterocycles. The van der Waals surface area contributed by atoms with Crippen molar-refractivity contribution in [2.75, 3.05) is 39.3 Å². The van der Waals surface area contributed by atoms with E-state index in [1.807, 2.05) is 0 Å². The second-order valence-corrected chi connectivity index (χ2v) is 8.30. The molecule has 3 atom stereocenters. The van der Waals surface area contributed by atoms with Crippen LogP contribution in [-0.2, 0) is 0 Å². The predicted octanol–water partition coefficient (Wildman–Crippen LogP) is 2.52. The van der Waals surface area contributed by atoms with Gasteiger partial charge in [0.25, 0.3) is 0 Å². The Balaban J connectivity index is 1.60. The summed E-state index contributed by atoms with van der Waals surface area (Å²) in [6.45, 7) is 17.5. The zero-order valence-electron chi connectivity index (χ0n) is 14.6. The molecule has 0 aromatic heterocycles. The quantitative estimate of drug-likeness (QED) is 0.788. The fraction of sp³-hybridized carbons (Fsp3) is 1.00. The highest BCUT2D eigenvalue weighted by Crippen LogP contribution is 2.29. The zero-order valence-corrected chi connectivity index (χ0v) is 14.6. The minimum absolute atomic E-state index is 0.725. The molecule has 3 fully saturated rings. The van der Waals surface area contributed by atoms with Crippen LogP contribution in [0.4, 0.5) is 0 Å². The summed E-state index contributed by atoms with van der Waals surface area (Å²) in [5.41, 5.74) is 0. The Morgan fingerprint density at radius 2 is 1.76 bits per heavy atom. The van der Waals surface area contributed by atoms with Crippen LogP contribution in [0.25, 0.3) is 0 Å². The summed E-state index contributed by atoms with van der Waals surface area (Å²) < 4.78 is 0. The SMILES string of the molecule is CC(C)C1CN2CCCC2CN1CC1CCN(C(C)C)C1. The van der Waals surface area contributed by atoms with Crippen molar-refractivity contribution in [2.24, 2.45) is 11.8 Å². The van der Waals surface area contributed by atoms with Crippen molar-refractivity contribution < 1.29 is 0 Å². The van der Waals surface area contributed by atoms with Crippen molar-refractivity contribution >= 4 is 0 Å². The monoisotopic (exact) mass is 293 g/mol. The molecule has 0 saturated carbocycles. The van der Waals surface area contributed by atoms with Crippen molar-refractivity contribution in [1.82, 2.24) is 14.7 Å². The number of hydrogen-bond acceptors (Lipinski definition) is 3. The molecule has 0 amide bonds. The van der Waals surface area contributed by atoms with E-state index in [9.17, 15) is 0 Å². The first-order chi connectivity index (χ1) is 10.0. The van der Waals surface area contributed by atoms with Gasteiger partial charge in [-0.3, -0.25) is 9.80 Å². The van der Waals surface area contributed by atoms with E-state index < -0.39 is 0 Å². The molecule has 0 bridgehead atoms. The fourth-order valence-corrected chi connectivity index (χ4v) is 4.76. The van der Waals surface area contributed by atoms with Gasteiger partial charge in [0.05, 0.1) is 0 Å². The van der Waals surface area contributed by atoms with Crippen LogP contribution in [0.5, 0.6) is 0 Å². The van der Waals surface area contributed by atoms with E-state index in [1.54, 1.807) is 0 Å². The van der Waals surface area contributed by atoms with Gasteiger partial charge in [-0.25, -0.2) is 0 Å². The van der Waals surface area contributed by atoms with Crippen molar-refractivity contribution in [3.63, 3.8) is 0 Å². The highest BCUT2D eigenvalue weighted by atomic mass is 15.3. The van der Waals surface area contributed by atoms with Gasteiger partial charge >= 0.3 is 0 Å². The zero-order chi connectivity index (χ0) is 15.0. The van der Waals surface area contributed by atoms with E-state index in [-0.39, 0.29) is 0 Å². The molecular formula is C18H35N3. The third-order valence-electron chi connectivity index (χ3n) is 6.14. The Labute approximate surface area is 131 Å². The average Bonchev–Trinajstić information content (AvgIpc) is 3.05. The molecule has 3 heteroatoms. The normalized spacial score (nSPS) is 36.0. The highest BCUT2D eigenvalue weighted by molar-refractivity contribution is 4.94. The second-order valence-electron chi connectivity index (χ2n) is 8.30. The lowest BCUT2D eigenvalue weighted by atomic mass is 9.95.